The van der Waals surface area contributed by atoms with Gasteiger partial charge in [0.05, 0.1) is 11.9 Å². The van der Waals surface area contributed by atoms with Crippen LogP contribution in [0.15, 0.2) is 65.8 Å². The second-order valence-electron chi connectivity index (χ2n) is 5.33. The number of aromatic nitrogens is 6. The van der Waals surface area contributed by atoms with E-state index in [-0.39, 0.29) is 18.2 Å². The summed E-state index contributed by atoms with van der Waals surface area (Å²) < 4.78 is 10.2. The highest BCUT2D eigenvalue weighted by Gasteiger charge is 2.14. The normalized spacial score (nSPS) is 10.5. The Morgan fingerprint density at radius 2 is 1.89 bits per heavy atom. The van der Waals surface area contributed by atoms with Gasteiger partial charge in [-0.15, -0.1) is 0 Å². The fourth-order valence-electron chi connectivity index (χ4n) is 2.23. The van der Waals surface area contributed by atoms with Crippen LogP contribution in [0.2, 0.25) is 0 Å². The summed E-state index contributed by atoms with van der Waals surface area (Å²) >= 11 is 0. The molecule has 0 saturated heterocycles. The second kappa shape index (κ2) is 7.48. The van der Waals surface area contributed by atoms with Crippen LogP contribution in [0.4, 0.5) is 0 Å². The minimum absolute atomic E-state index is 0.159. The number of ether oxygens (including phenoxy) is 1. The smallest absolute Gasteiger partial charge is 0.357 e. The van der Waals surface area contributed by atoms with Crippen LogP contribution in [0.1, 0.15) is 16.4 Å². The van der Waals surface area contributed by atoms with E-state index in [2.05, 4.69) is 30.1 Å². The van der Waals surface area contributed by atoms with E-state index in [1.807, 2.05) is 6.07 Å². The quantitative estimate of drug-likeness (QED) is 0.494. The van der Waals surface area contributed by atoms with Crippen LogP contribution in [0.5, 0.6) is 0 Å². The van der Waals surface area contributed by atoms with Gasteiger partial charge in [0.1, 0.15) is 11.4 Å². The molecular formula is C18H12N6O3. The molecule has 0 aromatic carbocycles. The van der Waals surface area contributed by atoms with Crippen LogP contribution >= 0.6 is 0 Å². The monoisotopic (exact) mass is 360 g/mol. The molecular weight excluding hydrogens is 348 g/mol. The average Bonchev–Trinajstić information content (AvgIpc) is 3.22. The van der Waals surface area contributed by atoms with Gasteiger partial charge in [0.15, 0.2) is 6.61 Å². The number of hydrogen-bond acceptors (Lipinski definition) is 9. The lowest BCUT2D eigenvalue weighted by Crippen LogP contribution is -2.07. The molecule has 4 aromatic rings. The highest BCUT2D eigenvalue weighted by Crippen LogP contribution is 2.15. The maximum atomic E-state index is 12.1. The third-order valence-electron chi connectivity index (χ3n) is 3.52. The van der Waals surface area contributed by atoms with Crippen molar-refractivity contribution in [3.8, 4) is 22.8 Å². The van der Waals surface area contributed by atoms with Gasteiger partial charge in [0.2, 0.25) is 5.82 Å². The van der Waals surface area contributed by atoms with E-state index in [4.69, 9.17) is 9.26 Å². The summed E-state index contributed by atoms with van der Waals surface area (Å²) in [6, 6.07) is 8.63. The molecule has 27 heavy (non-hydrogen) atoms. The zero-order valence-corrected chi connectivity index (χ0v) is 13.9. The summed E-state index contributed by atoms with van der Waals surface area (Å²) in [6.45, 7) is -0.160. The Balaban J connectivity index is 1.39. The van der Waals surface area contributed by atoms with E-state index < -0.39 is 5.97 Å². The standard InChI is InChI=1S/C18H12N6O3/c25-18(14-5-4-12(9-22-14)15-10-19-7-8-21-15)26-11-16-23-17(24-27-16)13-3-1-2-6-20-13/h1-10H,11H2. The molecule has 9 heteroatoms. The van der Waals surface area contributed by atoms with Crippen molar-refractivity contribution in [3.63, 3.8) is 0 Å². The second-order valence-corrected chi connectivity index (χ2v) is 5.33. The maximum absolute atomic E-state index is 12.1. The molecule has 9 nitrogen and oxygen atoms in total. The first kappa shape index (κ1) is 16.5. The number of carbonyl (C=O) groups excluding carboxylic acids is 1. The first-order chi connectivity index (χ1) is 13.3. The zero-order valence-electron chi connectivity index (χ0n) is 13.9. The van der Waals surface area contributed by atoms with E-state index in [0.29, 0.717) is 17.2 Å². The highest BCUT2D eigenvalue weighted by atomic mass is 16.6. The molecule has 4 rings (SSSR count). The largest absolute Gasteiger partial charge is 0.451 e. The SMILES string of the molecule is O=C(OCc1nc(-c2ccccn2)no1)c1ccc(-c2cnccn2)cn1. The lowest BCUT2D eigenvalue weighted by atomic mass is 10.2. The Morgan fingerprint density at radius 1 is 0.963 bits per heavy atom. The minimum atomic E-state index is -0.599. The maximum Gasteiger partial charge on any atom is 0.357 e. The third-order valence-corrected chi connectivity index (χ3v) is 3.52. The summed E-state index contributed by atoms with van der Waals surface area (Å²) in [6.07, 6.45) is 7.94. The first-order valence-electron chi connectivity index (χ1n) is 7.93. The van der Waals surface area contributed by atoms with E-state index in [1.165, 1.54) is 6.20 Å². The summed E-state index contributed by atoms with van der Waals surface area (Å²) in [7, 11) is 0. The molecule has 0 saturated carbocycles. The first-order valence-corrected chi connectivity index (χ1v) is 7.93. The molecule has 0 unspecified atom stereocenters. The zero-order chi connectivity index (χ0) is 18.5. The lowest BCUT2D eigenvalue weighted by molar-refractivity contribution is 0.0423. The van der Waals surface area contributed by atoms with E-state index in [1.54, 1.807) is 49.1 Å². The van der Waals surface area contributed by atoms with Gasteiger partial charge in [-0.25, -0.2) is 9.78 Å². The molecule has 0 aliphatic carbocycles. The molecule has 4 aromatic heterocycles. The highest BCUT2D eigenvalue weighted by molar-refractivity contribution is 5.87. The van der Waals surface area contributed by atoms with Crippen molar-refractivity contribution in [3.05, 3.63) is 72.9 Å². The van der Waals surface area contributed by atoms with Crippen molar-refractivity contribution in [2.24, 2.45) is 0 Å². The molecule has 4 heterocycles. The summed E-state index contributed by atoms with van der Waals surface area (Å²) in [5.74, 6) is -0.105. The third kappa shape index (κ3) is 3.82. The Bertz CT molecular complexity index is 1040. The molecule has 0 spiro atoms. The Morgan fingerprint density at radius 3 is 2.63 bits per heavy atom. The number of carbonyl (C=O) groups is 1. The molecule has 0 fully saturated rings. The van der Waals surface area contributed by atoms with E-state index in [9.17, 15) is 4.79 Å². The van der Waals surface area contributed by atoms with Crippen molar-refractivity contribution in [2.75, 3.05) is 0 Å². The van der Waals surface area contributed by atoms with Crippen LogP contribution in [0.25, 0.3) is 22.8 Å². The van der Waals surface area contributed by atoms with Gasteiger partial charge in [-0.05, 0) is 24.3 Å². The fourth-order valence-corrected chi connectivity index (χ4v) is 2.23. The fraction of sp³-hybridized carbons (Fsp3) is 0.0556. The van der Waals surface area contributed by atoms with Crippen LogP contribution in [-0.4, -0.2) is 36.0 Å². The molecule has 0 amide bonds. The van der Waals surface area contributed by atoms with Crippen LogP contribution in [0, 0.1) is 0 Å². The van der Waals surface area contributed by atoms with Gasteiger partial charge in [0.25, 0.3) is 5.89 Å². The minimum Gasteiger partial charge on any atom is -0.451 e. The predicted molar refractivity (Wildman–Crippen MR) is 91.9 cm³/mol. The average molecular weight is 360 g/mol. The van der Waals surface area contributed by atoms with Gasteiger partial charge in [-0.3, -0.25) is 15.0 Å². The number of hydrogen-bond donors (Lipinski definition) is 0. The number of pyridine rings is 2. The van der Waals surface area contributed by atoms with E-state index >= 15 is 0 Å². The Hall–Kier alpha value is -4.01. The van der Waals surface area contributed by atoms with E-state index in [0.717, 1.165) is 5.56 Å². The van der Waals surface area contributed by atoms with Crippen LogP contribution in [-0.2, 0) is 11.3 Å². The summed E-state index contributed by atoms with van der Waals surface area (Å²) in [5, 5.41) is 3.81. The van der Waals surface area contributed by atoms with Gasteiger partial charge >= 0.3 is 5.97 Å². The van der Waals surface area contributed by atoms with Gasteiger partial charge < -0.3 is 9.26 Å². The van der Waals surface area contributed by atoms with Crippen molar-refractivity contribution in [2.45, 2.75) is 6.61 Å². The molecule has 0 aliphatic heterocycles. The van der Waals surface area contributed by atoms with Crippen LogP contribution in [0.3, 0.4) is 0 Å². The van der Waals surface area contributed by atoms with Crippen molar-refractivity contribution >= 4 is 5.97 Å². The lowest BCUT2D eigenvalue weighted by Gasteiger charge is -2.03. The van der Waals surface area contributed by atoms with Gasteiger partial charge in [-0.2, -0.15) is 4.98 Å². The van der Waals surface area contributed by atoms with Gasteiger partial charge in [-0.1, -0.05) is 11.2 Å². The van der Waals surface area contributed by atoms with Crippen molar-refractivity contribution in [1.29, 1.82) is 0 Å². The van der Waals surface area contributed by atoms with Crippen LogP contribution < -0.4 is 0 Å². The summed E-state index contributed by atoms with van der Waals surface area (Å²) in [5.41, 5.74) is 2.14. The molecule has 0 aliphatic rings. The number of rotatable bonds is 5. The Labute approximate surface area is 153 Å². The van der Waals surface area contributed by atoms with Gasteiger partial charge in [0, 0.05) is 30.4 Å². The molecule has 0 radical (unpaired) electrons. The number of nitrogens with zero attached hydrogens (tertiary/aromatic N) is 6. The Kier molecular flexibility index (Phi) is 4.56. The summed E-state index contributed by atoms with van der Waals surface area (Å²) in [4.78, 5) is 32.7. The molecule has 132 valence electrons. The molecule has 0 bridgehead atoms. The topological polar surface area (TPSA) is 117 Å². The molecule has 0 N–H and O–H groups in total. The van der Waals surface area contributed by atoms with Crippen molar-refractivity contribution in [1.82, 2.24) is 30.1 Å². The number of esters is 1. The molecule has 0 atom stereocenters. The van der Waals surface area contributed by atoms with Crippen molar-refractivity contribution < 1.29 is 14.1 Å². The predicted octanol–water partition coefficient (Wildman–Crippen LogP) is 2.34.